The molecule has 0 aliphatic carbocycles. The van der Waals surface area contributed by atoms with E-state index in [1.54, 1.807) is 0 Å². The molecule has 0 amide bonds. The zero-order valence-electron chi connectivity index (χ0n) is 20.7. The fourth-order valence-corrected chi connectivity index (χ4v) is 5.24. The average Bonchev–Trinajstić information content (AvgIpc) is 3.45. The largest absolute Gasteiger partial charge is 0.378 e. The van der Waals surface area contributed by atoms with E-state index >= 15 is 0 Å². The number of nitrogens with zero attached hydrogens (tertiary/aromatic N) is 4. The second-order valence-corrected chi connectivity index (χ2v) is 9.65. The van der Waals surface area contributed by atoms with Gasteiger partial charge in [0.25, 0.3) is 0 Å². The molecule has 0 bridgehead atoms. The first kappa shape index (κ1) is 23.0. The third kappa shape index (κ3) is 4.46. The maximum absolute atomic E-state index is 4.69. The van der Waals surface area contributed by atoms with Gasteiger partial charge >= 0.3 is 0 Å². The Balaban J connectivity index is 1.38. The molecular weight excluding hydrogens is 472 g/mol. The van der Waals surface area contributed by atoms with Crippen molar-refractivity contribution in [1.29, 1.82) is 0 Å². The molecule has 37 heavy (non-hydrogen) atoms. The first-order chi connectivity index (χ1) is 18.2. The van der Waals surface area contributed by atoms with Gasteiger partial charge in [0.2, 0.25) is 0 Å². The van der Waals surface area contributed by atoms with Crippen molar-refractivity contribution in [2.75, 3.05) is 23.9 Å². The SMILES string of the molecule is CN(C)c1ccc(-c2ccc(-c3ccc(N(c4ccccc4)c4ccccc4)cc3)c3nsnc23)cc1. The fraction of sp³-hybridized carbons (Fsp3) is 0.0625. The van der Waals surface area contributed by atoms with Crippen molar-refractivity contribution in [3.05, 3.63) is 121 Å². The maximum atomic E-state index is 4.69. The van der Waals surface area contributed by atoms with Crippen molar-refractivity contribution in [2.24, 2.45) is 0 Å². The molecule has 5 aromatic carbocycles. The summed E-state index contributed by atoms with van der Waals surface area (Å²) >= 11 is 1.26. The van der Waals surface area contributed by atoms with Gasteiger partial charge in [0, 0.05) is 48.0 Å². The van der Waals surface area contributed by atoms with Crippen LogP contribution in [0, 0.1) is 0 Å². The van der Waals surface area contributed by atoms with Gasteiger partial charge in [-0.05, 0) is 59.7 Å². The summed E-state index contributed by atoms with van der Waals surface area (Å²) in [7, 11) is 4.10. The summed E-state index contributed by atoms with van der Waals surface area (Å²) in [6.45, 7) is 0. The van der Waals surface area contributed by atoms with Gasteiger partial charge in [0.15, 0.2) is 0 Å². The maximum Gasteiger partial charge on any atom is 0.113 e. The van der Waals surface area contributed by atoms with Gasteiger partial charge in [0.1, 0.15) is 11.0 Å². The molecule has 0 N–H and O–H groups in total. The van der Waals surface area contributed by atoms with Crippen molar-refractivity contribution in [2.45, 2.75) is 0 Å². The monoisotopic (exact) mass is 498 g/mol. The predicted octanol–water partition coefficient (Wildman–Crippen LogP) is 8.56. The van der Waals surface area contributed by atoms with E-state index in [1.165, 1.54) is 17.4 Å². The Hall–Kier alpha value is -4.48. The minimum Gasteiger partial charge on any atom is -0.378 e. The van der Waals surface area contributed by atoms with E-state index in [0.29, 0.717) is 0 Å². The Morgan fingerprint density at radius 1 is 0.459 bits per heavy atom. The van der Waals surface area contributed by atoms with E-state index in [4.69, 9.17) is 4.37 Å². The molecule has 1 aromatic heterocycles. The summed E-state index contributed by atoms with van der Waals surface area (Å²) in [5.74, 6) is 0. The van der Waals surface area contributed by atoms with Crippen molar-refractivity contribution >= 4 is 45.5 Å². The lowest BCUT2D eigenvalue weighted by molar-refractivity contribution is 1.13. The number of anilines is 4. The van der Waals surface area contributed by atoms with Gasteiger partial charge < -0.3 is 9.80 Å². The van der Waals surface area contributed by atoms with E-state index in [0.717, 1.165) is 50.3 Å². The highest BCUT2D eigenvalue weighted by Crippen LogP contribution is 2.38. The highest BCUT2D eigenvalue weighted by atomic mass is 32.1. The zero-order chi connectivity index (χ0) is 25.2. The molecule has 0 aliphatic heterocycles. The van der Waals surface area contributed by atoms with Gasteiger partial charge in [0.05, 0.1) is 11.7 Å². The topological polar surface area (TPSA) is 32.3 Å². The second kappa shape index (κ2) is 9.88. The first-order valence-corrected chi connectivity index (χ1v) is 13.0. The van der Waals surface area contributed by atoms with Gasteiger partial charge in [-0.2, -0.15) is 8.75 Å². The van der Waals surface area contributed by atoms with Crippen LogP contribution in [0.4, 0.5) is 22.7 Å². The van der Waals surface area contributed by atoms with Crippen LogP contribution >= 0.6 is 11.7 Å². The van der Waals surface area contributed by atoms with E-state index in [2.05, 4.69) is 137 Å². The second-order valence-electron chi connectivity index (χ2n) is 9.12. The van der Waals surface area contributed by atoms with Crippen LogP contribution in [0.2, 0.25) is 0 Å². The number of benzene rings is 5. The van der Waals surface area contributed by atoms with Crippen molar-refractivity contribution < 1.29 is 0 Å². The van der Waals surface area contributed by atoms with Crippen LogP contribution in [0.25, 0.3) is 33.3 Å². The highest BCUT2D eigenvalue weighted by molar-refractivity contribution is 7.00. The molecule has 0 aliphatic rings. The van der Waals surface area contributed by atoms with Gasteiger partial charge in [-0.25, -0.2) is 0 Å². The molecule has 0 saturated heterocycles. The lowest BCUT2D eigenvalue weighted by Crippen LogP contribution is -2.09. The summed E-state index contributed by atoms with van der Waals surface area (Å²) in [5.41, 5.74) is 10.9. The van der Waals surface area contributed by atoms with E-state index in [-0.39, 0.29) is 0 Å². The Labute approximate surface area is 221 Å². The highest BCUT2D eigenvalue weighted by Gasteiger charge is 2.15. The number of rotatable bonds is 6. The lowest BCUT2D eigenvalue weighted by Gasteiger charge is -2.25. The first-order valence-electron chi connectivity index (χ1n) is 12.2. The number of para-hydroxylation sites is 2. The fourth-order valence-electron chi connectivity index (χ4n) is 4.66. The van der Waals surface area contributed by atoms with Crippen LogP contribution in [0.3, 0.4) is 0 Å². The molecule has 0 atom stereocenters. The third-order valence-electron chi connectivity index (χ3n) is 6.58. The van der Waals surface area contributed by atoms with Gasteiger partial charge in [-0.3, -0.25) is 0 Å². The Kier molecular flexibility index (Phi) is 6.13. The molecule has 6 rings (SSSR count). The molecule has 1 heterocycles. The van der Waals surface area contributed by atoms with Crippen molar-refractivity contribution in [3.63, 3.8) is 0 Å². The molecule has 180 valence electrons. The number of hydrogen-bond donors (Lipinski definition) is 0. The molecule has 0 radical (unpaired) electrons. The number of hydrogen-bond acceptors (Lipinski definition) is 5. The van der Waals surface area contributed by atoms with E-state index < -0.39 is 0 Å². The molecule has 0 spiro atoms. The quantitative estimate of drug-likeness (QED) is 0.230. The Bertz CT molecular complexity index is 1590. The lowest BCUT2D eigenvalue weighted by atomic mass is 9.97. The minimum atomic E-state index is 0.940. The summed E-state index contributed by atoms with van der Waals surface area (Å²) in [5, 5.41) is 0. The molecule has 0 fully saturated rings. The van der Waals surface area contributed by atoms with Crippen molar-refractivity contribution in [3.8, 4) is 22.3 Å². The average molecular weight is 499 g/mol. The Morgan fingerprint density at radius 3 is 1.30 bits per heavy atom. The van der Waals surface area contributed by atoms with Crippen LogP contribution in [0.1, 0.15) is 0 Å². The standard InChI is InChI=1S/C32H26N4S/c1-35(2)25-17-13-23(14-18-25)29-21-22-30(32-31(29)33-37-34-32)24-15-19-28(20-16-24)36(26-9-5-3-6-10-26)27-11-7-4-8-12-27/h3-22H,1-2H3. The van der Waals surface area contributed by atoms with Gasteiger partial charge in [-0.1, -0.05) is 72.8 Å². The smallest absolute Gasteiger partial charge is 0.113 e. The summed E-state index contributed by atoms with van der Waals surface area (Å²) in [6.07, 6.45) is 0. The number of fused-ring (bicyclic) bond motifs is 1. The minimum absolute atomic E-state index is 0.940. The normalized spacial score (nSPS) is 11.0. The molecule has 0 saturated carbocycles. The molecule has 4 nitrogen and oxygen atoms in total. The summed E-state index contributed by atoms with van der Waals surface area (Å²) < 4.78 is 9.37. The molecule has 5 heteroatoms. The van der Waals surface area contributed by atoms with Crippen LogP contribution in [0.5, 0.6) is 0 Å². The molecular formula is C32H26N4S. The predicted molar refractivity (Wildman–Crippen MR) is 157 cm³/mol. The third-order valence-corrected chi connectivity index (χ3v) is 7.10. The summed E-state index contributed by atoms with van der Waals surface area (Å²) in [4.78, 5) is 4.37. The van der Waals surface area contributed by atoms with E-state index in [9.17, 15) is 0 Å². The van der Waals surface area contributed by atoms with Crippen LogP contribution in [-0.2, 0) is 0 Å². The number of aromatic nitrogens is 2. The van der Waals surface area contributed by atoms with Gasteiger partial charge in [-0.15, -0.1) is 0 Å². The zero-order valence-corrected chi connectivity index (χ0v) is 21.6. The van der Waals surface area contributed by atoms with Crippen LogP contribution in [-0.4, -0.2) is 22.8 Å². The van der Waals surface area contributed by atoms with Crippen molar-refractivity contribution in [1.82, 2.24) is 8.75 Å². The molecule has 6 aromatic rings. The van der Waals surface area contributed by atoms with Crippen LogP contribution in [0.15, 0.2) is 121 Å². The van der Waals surface area contributed by atoms with Crippen LogP contribution < -0.4 is 9.80 Å². The summed E-state index contributed by atoms with van der Waals surface area (Å²) in [6, 6.07) is 42.5. The van der Waals surface area contributed by atoms with E-state index in [1.807, 2.05) is 12.1 Å². The molecule has 0 unspecified atom stereocenters. The Morgan fingerprint density at radius 2 is 0.865 bits per heavy atom.